The fourth-order valence-corrected chi connectivity index (χ4v) is 3.05. The van der Waals surface area contributed by atoms with Crippen molar-refractivity contribution in [3.63, 3.8) is 0 Å². The molecule has 4 aromatic rings. The van der Waals surface area contributed by atoms with E-state index in [2.05, 4.69) is 29.8 Å². The number of aromatic nitrogens is 5. The van der Waals surface area contributed by atoms with E-state index in [9.17, 15) is 0 Å². The molecule has 0 aromatic carbocycles. The van der Waals surface area contributed by atoms with Crippen LogP contribution in [-0.4, -0.2) is 24.5 Å². The number of rotatable bonds is 5. The lowest BCUT2D eigenvalue weighted by Crippen LogP contribution is -2.08. The van der Waals surface area contributed by atoms with Crippen molar-refractivity contribution < 1.29 is 4.42 Å². The Kier molecular flexibility index (Phi) is 4.12. The van der Waals surface area contributed by atoms with Crippen LogP contribution < -0.4 is 5.32 Å². The summed E-state index contributed by atoms with van der Waals surface area (Å²) >= 11 is 0. The van der Waals surface area contributed by atoms with E-state index in [0.717, 1.165) is 39.8 Å². The van der Waals surface area contributed by atoms with Crippen LogP contribution in [0, 0.1) is 20.8 Å². The third-order valence-corrected chi connectivity index (χ3v) is 4.20. The maximum Gasteiger partial charge on any atom is 0.191 e. The topological polar surface area (TPSA) is 81.7 Å². The number of aryl methyl sites for hydroxylation is 3. The first-order valence-electron chi connectivity index (χ1n) is 8.50. The van der Waals surface area contributed by atoms with Crippen LogP contribution in [0.4, 0.5) is 5.82 Å². The molecule has 0 amide bonds. The van der Waals surface area contributed by atoms with Gasteiger partial charge in [-0.25, -0.2) is 15.0 Å². The molecule has 4 rings (SSSR count). The van der Waals surface area contributed by atoms with Crippen LogP contribution in [0.1, 0.15) is 28.9 Å². The second kappa shape index (κ2) is 6.59. The minimum Gasteiger partial charge on any atom is -0.446 e. The van der Waals surface area contributed by atoms with Gasteiger partial charge in [-0.15, -0.1) is 0 Å². The van der Waals surface area contributed by atoms with E-state index in [1.54, 1.807) is 6.20 Å². The van der Waals surface area contributed by atoms with Gasteiger partial charge in [-0.05, 0) is 32.0 Å². The standard InChI is InChI=1S/C19H20N6O/c1-12-17(24-14(3)26-12)10-21-19-18-16(22-13(2)23-19)7-9-25(18)11-15-6-4-5-8-20-15/h4-9H,10-11H2,1-3H3,(H,21,22,23). The van der Waals surface area contributed by atoms with Gasteiger partial charge in [0.1, 0.15) is 22.8 Å². The Bertz CT molecular complexity index is 1050. The number of anilines is 1. The van der Waals surface area contributed by atoms with Crippen molar-refractivity contribution in [1.82, 2.24) is 24.5 Å². The molecule has 1 N–H and O–H groups in total. The average molecular weight is 348 g/mol. The Morgan fingerprint density at radius 2 is 1.96 bits per heavy atom. The second-order valence-corrected chi connectivity index (χ2v) is 6.21. The summed E-state index contributed by atoms with van der Waals surface area (Å²) in [6.45, 7) is 6.87. The van der Waals surface area contributed by atoms with Crippen LogP contribution in [0.25, 0.3) is 11.0 Å². The van der Waals surface area contributed by atoms with Gasteiger partial charge in [0.15, 0.2) is 11.7 Å². The Morgan fingerprint density at radius 1 is 1.08 bits per heavy atom. The van der Waals surface area contributed by atoms with Crippen molar-refractivity contribution in [3.8, 4) is 0 Å². The third kappa shape index (κ3) is 3.15. The minimum absolute atomic E-state index is 0.545. The maximum absolute atomic E-state index is 5.50. The molecule has 26 heavy (non-hydrogen) atoms. The normalized spacial score (nSPS) is 11.2. The molecule has 0 aliphatic carbocycles. The van der Waals surface area contributed by atoms with E-state index in [1.807, 2.05) is 51.2 Å². The van der Waals surface area contributed by atoms with Gasteiger partial charge in [0.25, 0.3) is 0 Å². The number of hydrogen-bond acceptors (Lipinski definition) is 6. The van der Waals surface area contributed by atoms with E-state index < -0.39 is 0 Å². The maximum atomic E-state index is 5.50. The Hall–Kier alpha value is -3.22. The van der Waals surface area contributed by atoms with Crippen LogP contribution in [0.3, 0.4) is 0 Å². The molecule has 0 aliphatic heterocycles. The smallest absolute Gasteiger partial charge is 0.191 e. The summed E-state index contributed by atoms with van der Waals surface area (Å²) in [7, 11) is 0. The molecule has 0 saturated carbocycles. The molecule has 0 saturated heterocycles. The van der Waals surface area contributed by atoms with Crippen LogP contribution in [0.2, 0.25) is 0 Å². The number of pyridine rings is 1. The molecule has 0 spiro atoms. The Labute approximate surface area is 151 Å². The summed E-state index contributed by atoms with van der Waals surface area (Å²) < 4.78 is 7.62. The van der Waals surface area contributed by atoms with Gasteiger partial charge in [-0.1, -0.05) is 6.07 Å². The fourth-order valence-electron chi connectivity index (χ4n) is 3.05. The molecule has 0 radical (unpaired) electrons. The molecular weight excluding hydrogens is 328 g/mol. The van der Waals surface area contributed by atoms with Crippen molar-refractivity contribution >= 4 is 16.9 Å². The van der Waals surface area contributed by atoms with Crippen molar-refractivity contribution in [3.05, 3.63) is 65.5 Å². The first kappa shape index (κ1) is 16.3. The highest BCUT2D eigenvalue weighted by Gasteiger charge is 2.13. The average Bonchev–Trinajstić information content (AvgIpc) is 3.16. The van der Waals surface area contributed by atoms with Crippen molar-refractivity contribution in [2.24, 2.45) is 0 Å². The highest BCUT2D eigenvalue weighted by molar-refractivity contribution is 5.86. The van der Waals surface area contributed by atoms with Gasteiger partial charge >= 0.3 is 0 Å². The molecule has 4 heterocycles. The zero-order valence-electron chi connectivity index (χ0n) is 15.0. The Morgan fingerprint density at radius 3 is 2.69 bits per heavy atom. The highest BCUT2D eigenvalue weighted by atomic mass is 16.4. The number of fused-ring (bicyclic) bond motifs is 1. The minimum atomic E-state index is 0.545. The molecule has 0 bridgehead atoms. The number of nitrogens with zero attached hydrogens (tertiary/aromatic N) is 5. The van der Waals surface area contributed by atoms with Crippen LogP contribution in [-0.2, 0) is 13.1 Å². The molecule has 0 atom stereocenters. The number of oxazole rings is 1. The largest absolute Gasteiger partial charge is 0.446 e. The molecule has 0 aliphatic rings. The third-order valence-electron chi connectivity index (χ3n) is 4.20. The van der Waals surface area contributed by atoms with E-state index in [-0.39, 0.29) is 0 Å². The van der Waals surface area contributed by atoms with Crippen LogP contribution in [0.5, 0.6) is 0 Å². The molecule has 4 aromatic heterocycles. The van der Waals surface area contributed by atoms with E-state index in [0.29, 0.717) is 19.0 Å². The van der Waals surface area contributed by atoms with E-state index >= 15 is 0 Å². The molecule has 7 heteroatoms. The summed E-state index contributed by atoms with van der Waals surface area (Å²) in [6.07, 6.45) is 3.82. The van der Waals surface area contributed by atoms with E-state index in [4.69, 9.17) is 4.42 Å². The summed E-state index contributed by atoms with van der Waals surface area (Å²) in [5, 5.41) is 3.40. The lowest BCUT2D eigenvalue weighted by Gasteiger charge is -2.11. The molecule has 7 nitrogen and oxygen atoms in total. The lowest BCUT2D eigenvalue weighted by atomic mass is 10.3. The zero-order chi connectivity index (χ0) is 18.1. The van der Waals surface area contributed by atoms with Gasteiger partial charge in [0, 0.05) is 19.3 Å². The molecule has 0 unspecified atom stereocenters. The zero-order valence-corrected chi connectivity index (χ0v) is 15.0. The van der Waals surface area contributed by atoms with E-state index in [1.165, 1.54) is 0 Å². The van der Waals surface area contributed by atoms with Crippen LogP contribution in [0.15, 0.2) is 41.1 Å². The monoisotopic (exact) mass is 348 g/mol. The fraction of sp³-hybridized carbons (Fsp3) is 0.263. The van der Waals surface area contributed by atoms with Gasteiger partial charge in [-0.2, -0.15) is 0 Å². The second-order valence-electron chi connectivity index (χ2n) is 6.21. The Balaban J connectivity index is 1.68. The van der Waals surface area contributed by atoms with Gasteiger partial charge in [0.2, 0.25) is 0 Å². The highest BCUT2D eigenvalue weighted by Crippen LogP contribution is 2.23. The summed E-state index contributed by atoms with van der Waals surface area (Å²) in [5.41, 5.74) is 3.73. The quantitative estimate of drug-likeness (QED) is 0.595. The van der Waals surface area contributed by atoms with Gasteiger partial charge < -0.3 is 14.3 Å². The summed E-state index contributed by atoms with van der Waals surface area (Å²) in [4.78, 5) is 18.0. The first-order valence-corrected chi connectivity index (χ1v) is 8.50. The lowest BCUT2D eigenvalue weighted by molar-refractivity contribution is 0.493. The summed E-state index contributed by atoms with van der Waals surface area (Å²) in [6, 6.07) is 7.92. The van der Waals surface area contributed by atoms with Gasteiger partial charge in [-0.3, -0.25) is 4.98 Å². The predicted octanol–water partition coefficient (Wildman–Crippen LogP) is 3.40. The van der Waals surface area contributed by atoms with Crippen molar-refractivity contribution in [2.45, 2.75) is 33.9 Å². The molecular formula is C19H20N6O. The molecule has 0 fully saturated rings. The molecule has 132 valence electrons. The predicted molar refractivity (Wildman–Crippen MR) is 98.9 cm³/mol. The number of nitrogens with one attached hydrogen (secondary N) is 1. The van der Waals surface area contributed by atoms with Gasteiger partial charge in [0.05, 0.1) is 24.3 Å². The van der Waals surface area contributed by atoms with Crippen molar-refractivity contribution in [1.29, 1.82) is 0 Å². The SMILES string of the molecule is Cc1nc(NCc2nc(C)oc2C)c2c(ccn2Cc2ccccn2)n1. The first-order chi connectivity index (χ1) is 12.6. The van der Waals surface area contributed by atoms with Crippen molar-refractivity contribution in [2.75, 3.05) is 5.32 Å². The van der Waals surface area contributed by atoms with Crippen LogP contribution >= 0.6 is 0 Å². The summed E-state index contributed by atoms with van der Waals surface area (Å²) in [5.74, 6) is 3.00. The number of hydrogen-bond donors (Lipinski definition) is 1.